The number of nitrogens with zero attached hydrogens (tertiary/aromatic N) is 1. The van der Waals surface area contributed by atoms with Crippen molar-refractivity contribution in [3.63, 3.8) is 0 Å². The van der Waals surface area contributed by atoms with Gasteiger partial charge in [-0.25, -0.2) is 13.6 Å². The predicted octanol–water partition coefficient (Wildman–Crippen LogP) is 2.73. The van der Waals surface area contributed by atoms with Crippen LogP contribution in [-0.4, -0.2) is 25.0 Å². The first-order chi connectivity index (χ1) is 12.9. The molecule has 0 saturated carbocycles. The topological polar surface area (TPSA) is 72.6 Å². The molecule has 1 fully saturated rings. The summed E-state index contributed by atoms with van der Waals surface area (Å²) in [5.74, 6) is -2.78. The summed E-state index contributed by atoms with van der Waals surface area (Å²) in [6.45, 7) is 1.22. The van der Waals surface area contributed by atoms with E-state index in [0.717, 1.165) is 23.4 Å². The van der Waals surface area contributed by atoms with Gasteiger partial charge in [0, 0.05) is 30.8 Å². The van der Waals surface area contributed by atoms with Crippen LogP contribution >= 0.6 is 0 Å². The molecule has 27 heavy (non-hydrogen) atoms. The molecule has 0 aromatic heterocycles. The number of hydrogen-bond acceptors (Lipinski definition) is 4. The van der Waals surface area contributed by atoms with Gasteiger partial charge < -0.3 is 15.4 Å². The van der Waals surface area contributed by atoms with Gasteiger partial charge in [-0.05, 0) is 36.2 Å². The van der Waals surface area contributed by atoms with Crippen molar-refractivity contribution in [3.8, 4) is 0 Å². The first-order valence-electron chi connectivity index (χ1n) is 8.75. The summed E-state index contributed by atoms with van der Waals surface area (Å²) in [6.07, 6.45) is 0.418. The molecule has 0 aliphatic carbocycles. The molecule has 0 bridgehead atoms. The van der Waals surface area contributed by atoms with Gasteiger partial charge in [0.05, 0.1) is 11.5 Å². The van der Waals surface area contributed by atoms with Gasteiger partial charge in [0.15, 0.2) is 11.6 Å². The predicted molar refractivity (Wildman–Crippen MR) is 94.2 cm³/mol. The number of primary amides is 1. The van der Waals surface area contributed by atoms with Gasteiger partial charge in [0.25, 0.3) is 0 Å². The van der Waals surface area contributed by atoms with Crippen molar-refractivity contribution in [1.82, 2.24) is 0 Å². The zero-order valence-corrected chi connectivity index (χ0v) is 14.5. The highest BCUT2D eigenvalue weighted by atomic mass is 19.2. The molecule has 7 heteroatoms. The summed E-state index contributed by atoms with van der Waals surface area (Å²) in [5, 5.41) is 0. The molecule has 1 amide bonds. The van der Waals surface area contributed by atoms with Crippen molar-refractivity contribution in [2.75, 3.05) is 18.0 Å². The van der Waals surface area contributed by atoms with Crippen molar-refractivity contribution in [2.24, 2.45) is 11.7 Å². The Hall–Kier alpha value is -2.96. The highest BCUT2D eigenvalue weighted by molar-refractivity contribution is 5.95. The van der Waals surface area contributed by atoms with Gasteiger partial charge in [-0.3, -0.25) is 4.79 Å². The summed E-state index contributed by atoms with van der Waals surface area (Å²) in [4.78, 5) is 25.6. The fourth-order valence-electron chi connectivity index (χ4n) is 3.71. The SMILES string of the molecule is NC(=O)[C@@H]1CCN(c2ccc3c(c2)C(=O)OC3Cc2ccc(F)c(F)c2)C1. The minimum absolute atomic E-state index is 0.189. The lowest BCUT2D eigenvalue weighted by molar-refractivity contribution is -0.121. The van der Waals surface area contributed by atoms with E-state index < -0.39 is 23.7 Å². The Balaban J connectivity index is 1.55. The Morgan fingerprint density at radius 2 is 2.00 bits per heavy atom. The van der Waals surface area contributed by atoms with Crippen molar-refractivity contribution < 1.29 is 23.1 Å². The van der Waals surface area contributed by atoms with Crippen LogP contribution in [0.5, 0.6) is 0 Å². The molecule has 5 nitrogen and oxygen atoms in total. The van der Waals surface area contributed by atoms with Crippen LogP contribution in [0.2, 0.25) is 0 Å². The Morgan fingerprint density at radius 1 is 1.19 bits per heavy atom. The van der Waals surface area contributed by atoms with E-state index in [1.54, 1.807) is 6.07 Å². The molecule has 2 aromatic carbocycles. The summed E-state index contributed by atoms with van der Waals surface area (Å²) in [5.41, 5.74) is 7.94. The number of nitrogens with two attached hydrogens (primary N) is 1. The monoisotopic (exact) mass is 372 g/mol. The minimum atomic E-state index is -0.926. The van der Waals surface area contributed by atoms with Gasteiger partial charge >= 0.3 is 5.97 Å². The molecule has 2 aromatic rings. The molecule has 140 valence electrons. The maximum atomic E-state index is 13.4. The van der Waals surface area contributed by atoms with Gasteiger partial charge in [-0.1, -0.05) is 12.1 Å². The van der Waals surface area contributed by atoms with E-state index in [1.165, 1.54) is 6.07 Å². The Morgan fingerprint density at radius 3 is 2.70 bits per heavy atom. The van der Waals surface area contributed by atoms with Gasteiger partial charge in [-0.15, -0.1) is 0 Å². The normalized spacial score (nSPS) is 21.3. The third-order valence-electron chi connectivity index (χ3n) is 5.21. The largest absolute Gasteiger partial charge is 0.454 e. The van der Waals surface area contributed by atoms with E-state index in [2.05, 4.69) is 0 Å². The number of halogens is 2. The van der Waals surface area contributed by atoms with Crippen LogP contribution < -0.4 is 10.6 Å². The second-order valence-electron chi connectivity index (χ2n) is 6.95. The van der Waals surface area contributed by atoms with Gasteiger partial charge in [0.1, 0.15) is 6.10 Å². The van der Waals surface area contributed by atoms with E-state index in [-0.39, 0.29) is 18.2 Å². The molecule has 0 spiro atoms. The zero-order valence-electron chi connectivity index (χ0n) is 14.5. The number of carbonyl (C=O) groups excluding carboxylic acids is 2. The smallest absolute Gasteiger partial charge is 0.339 e. The summed E-state index contributed by atoms with van der Waals surface area (Å²) in [6, 6.07) is 9.11. The van der Waals surface area contributed by atoms with Crippen LogP contribution in [0.3, 0.4) is 0 Å². The zero-order chi connectivity index (χ0) is 19.1. The lowest BCUT2D eigenvalue weighted by Crippen LogP contribution is -2.27. The maximum absolute atomic E-state index is 13.4. The highest BCUT2D eigenvalue weighted by Gasteiger charge is 2.33. The minimum Gasteiger partial charge on any atom is -0.454 e. The number of fused-ring (bicyclic) bond motifs is 1. The van der Waals surface area contributed by atoms with Gasteiger partial charge in [0.2, 0.25) is 5.91 Å². The Labute approximate surface area is 154 Å². The first-order valence-corrected chi connectivity index (χ1v) is 8.75. The molecule has 0 radical (unpaired) electrons. The highest BCUT2D eigenvalue weighted by Crippen LogP contribution is 2.36. The molecular weight excluding hydrogens is 354 g/mol. The molecule has 2 atom stereocenters. The molecule has 2 aliphatic rings. The van der Waals surface area contributed by atoms with E-state index in [1.807, 2.05) is 17.0 Å². The third kappa shape index (κ3) is 3.25. The summed E-state index contributed by atoms with van der Waals surface area (Å²) >= 11 is 0. The quantitative estimate of drug-likeness (QED) is 0.838. The van der Waals surface area contributed by atoms with Crippen LogP contribution in [0.1, 0.15) is 34.0 Å². The lowest BCUT2D eigenvalue weighted by atomic mass is 9.98. The fourth-order valence-corrected chi connectivity index (χ4v) is 3.71. The van der Waals surface area contributed by atoms with Crippen molar-refractivity contribution in [1.29, 1.82) is 0 Å². The van der Waals surface area contributed by atoms with E-state index in [4.69, 9.17) is 10.5 Å². The number of benzene rings is 2. The molecule has 1 saturated heterocycles. The number of amides is 1. The van der Waals surface area contributed by atoms with Gasteiger partial charge in [-0.2, -0.15) is 0 Å². The number of esters is 1. The summed E-state index contributed by atoms with van der Waals surface area (Å²) < 4.78 is 31.9. The molecule has 2 heterocycles. The molecule has 1 unspecified atom stereocenters. The average molecular weight is 372 g/mol. The first kappa shape index (κ1) is 17.5. The van der Waals surface area contributed by atoms with E-state index in [9.17, 15) is 18.4 Å². The van der Waals surface area contributed by atoms with Crippen LogP contribution in [-0.2, 0) is 16.0 Å². The summed E-state index contributed by atoms with van der Waals surface area (Å²) in [7, 11) is 0. The van der Waals surface area contributed by atoms with E-state index >= 15 is 0 Å². The molecule has 2 aliphatic heterocycles. The fraction of sp³-hybridized carbons (Fsp3) is 0.300. The molecule has 2 N–H and O–H groups in total. The molecule has 4 rings (SSSR count). The Kier molecular flexibility index (Phi) is 4.30. The Bertz CT molecular complexity index is 931. The second kappa shape index (κ2) is 6.64. The van der Waals surface area contributed by atoms with Crippen LogP contribution in [0.15, 0.2) is 36.4 Å². The number of hydrogen-bond donors (Lipinski definition) is 1. The lowest BCUT2D eigenvalue weighted by Gasteiger charge is -2.19. The average Bonchev–Trinajstić information content (AvgIpc) is 3.24. The molecular formula is C20H18F2N2O3. The standard InChI is InChI=1S/C20H18F2N2O3/c21-16-4-1-11(7-17(16)22)8-18-14-3-2-13(9-15(14)20(26)27-18)24-6-5-12(10-24)19(23)25/h1-4,7,9,12,18H,5-6,8,10H2,(H2,23,25)/t12-,18?/m1/s1. The van der Waals surface area contributed by atoms with Crippen LogP contribution in [0.4, 0.5) is 14.5 Å². The second-order valence-corrected chi connectivity index (χ2v) is 6.95. The number of cyclic esters (lactones) is 1. The maximum Gasteiger partial charge on any atom is 0.339 e. The van der Waals surface area contributed by atoms with Crippen molar-refractivity contribution in [2.45, 2.75) is 18.9 Å². The van der Waals surface area contributed by atoms with Crippen molar-refractivity contribution >= 4 is 17.6 Å². The number of ether oxygens (including phenoxy) is 1. The van der Waals surface area contributed by atoms with E-state index in [0.29, 0.717) is 30.6 Å². The third-order valence-corrected chi connectivity index (χ3v) is 5.21. The number of carbonyl (C=O) groups is 2. The number of anilines is 1. The van der Waals surface area contributed by atoms with Crippen molar-refractivity contribution in [3.05, 3.63) is 64.7 Å². The number of rotatable bonds is 4. The van der Waals surface area contributed by atoms with Crippen LogP contribution in [0, 0.1) is 17.6 Å². The van der Waals surface area contributed by atoms with Crippen LogP contribution in [0.25, 0.3) is 0 Å².